The average Bonchev–Trinajstić information content (AvgIpc) is 3.04. The molecule has 1 aromatic heterocycles. The summed E-state index contributed by atoms with van der Waals surface area (Å²) in [5, 5.41) is 1.18. The van der Waals surface area contributed by atoms with Crippen molar-refractivity contribution in [3.05, 3.63) is 59.5 Å². The molecule has 122 valence electrons. The van der Waals surface area contributed by atoms with Crippen LogP contribution in [0, 0.1) is 0 Å². The second-order valence-corrected chi connectivity index (χ2v) is 5.50. The van der Waals surface area contributed by atoms with Gasteiger partial charge in [0.05, 0.1) is 4.88 Å². The monoisotopic (exact) mass is 326 g/mol. The topological polar surface area (TPSA) is 17.1 Å². The Kier molecular flexibility index (Phi) is 8.28. The average molecular weight is 327 g/mol. The number of ketones is 1. The van der Waals surface area contributed by atoms with Gasteiger partial charge in [0.25, 0.3) is 0 Å². The molecule has 3 rings (SSSR count). The molecule has 0 aliphatic carbocycles. The highest BCUT2D eigenvalue weighted by atomic mass is 32.1. The summed E-state index contributed by atoms with van der Waals surface area (Å²) in [4.78, 5) is 13.1. The Hall–Kier alpha value is -1.93. The van der Waals surface area contributed by atoms with Gasteiger partial charge in [-0.25, -0.2) is 0 Å². The summed E-state index contributed by atoms with van der Waals surface area (Å²) in [6, 6.07) is 18.4. The molecule has 0 N–H and O–H groups in total. The number of Topliss-reactive ketones (excluding diaryl/α,β-unsaturated/α-hetero) is 1. The van der Waals surface area contributed by atoms with E-state index in [0.717, 1.165) is 16.0 Å². The zero-order valence-corrected chi connectivity index (χ0v) is 15.5. The summed E-state index contributed by atoms with van der Waals surface area (Å²) in [6.45, 7) is 9.92. The maximum atomic E-state index is 12.2. The molecule has 2 heteroatoms. The fourth-order valence-corrected chi connectivity index (χ4v) is 3.53. The maximum absolute atomic E-state index is 12.2. The minimum absolute atomic E-state index is 0.222. The van der Waals surface area contributed by atoms with Gasteiger partial charge in [-0.15, -0.1) is 11.3 Å². The third kappa shape index (κ3) is 4.29. The number of hydrogen-bond donors (Lipinski definition) is 0. The highest BCUT2D eigenvalue weighted by molar-refractivity contribution is 7.21. The standard InChI is InChI=1S/C17H14OS.2C2H6/c1-2-14(18)17-16(12-8-4-3-5-9-12)13-10-6-7-11-15(13)19-17;2*1-2/h3-11H,2H2,1H3;2*1-2H3. The van der Waals surface area contributed by atoms with Crippen LogP contribution in [0.3, 0.4) is 0 Å². The molecule has 1 heterocycles. The van der Waals surface area contributed by atoms with Gasteiger partial charge in [-0.3, -0.25) is 4.79 Å². The first-order valence-electron chi connectivity index (χ1n) is 8.41. The maximum Gasteiger partial charge on any atom is 0.173 e. The molecular weight excluding hydrogens is 300 g/mol. The zero-order valence-electron chi connectivity index (χ0n) is 14.7. The van der Waals surface area contributed by atoms with Crippen molar-refractivity contribution in [3.8, 4) is 11.1 Å². The molecule has 0 aliphatic heterocycles. The van der Waals surface area contributed by atoms with E-state index in [0.29, 0.717) is 6.42 Å². The van der Waals surface area contributed by atoms with Gasteiger partial charge >= 0.3 is 0 Å². The van der Waals surface area contributed by atoms with Crippen molar-refractivity contribution in [3.63, 3.8) is 0 Å². The molecule has 0 saturated heterocycles. The Bertz CT molecular complexity index is 726. The van der Waals surface area contributed by atoms with Crippen molar-refractivity contribution >= 4 is 27.2 Å². The Balaban J connectivity index is 0.000000615. The van der Waals surface area contributed by atoms with Gasteiger partial charge in [-0.1, -0.05) is 83.1 Å². The summed E-state index contributed by atoms with van der Waals surface area (Å²) in [7, 11) is 0. The van der Waals surface area contributed by atoms with Crippen molar-refractivity contribution in [1.82, 2.24) is 0 Å². The number of benzene rings is 2. The summed E-state index contributed by atoms with van der Waals surface area (Å²) in [5.41, 5.74) is 2.21. The SMILES string of the molecule is CC.CC.CCC(=O)c1sc2ccccc2c1-c1ccccc1. The van der Waals surface area contributed by atoms with Gasteiger partial charge in [0.2, 0.25) is 0 Å². The van der Waals surface area contributed by atoms with Gasteiger partial charge in [0.15, 0.2) is 5.78 Å². The van der Waals surface area contributed by atoms with E-state index in [1.807, 2.05) is 65.0 Å². The first-order valence-corrected chi connectivity index (χ1v) is 9.23. The lowest BCUT2D eigenvalue weighted by atomic mass is 10.00. The number of hydrogen-bond acceptors (Lipinski definition) is 2. The molecule has 0 unspecified atom stereocenters. The van der Waals surface area contributed by atoms with Gasteiger partial charge in [0, 0.05) is 22.1 Å². The molecule has 0 atom stereocenters. The van der Waals surface area contributed by atoms with Crippen molar-refractivity contribution in [2.45, 2.75) is 41.0 Å². The van der Waals surface area contributed by atoms with Crippen LogP contribution in [-0.2, 0) is 0 Å². The second kappa shape index (κ2) is 9.96. The van der Waals surface area contributed by atoms with E-state index in [1.165, 1.54) is 10.1 Å². The Morgan fingerprint density at radius 1 is 0.870 bits per heavy atom. The van der Waals surface area contributed by atoms with Gasteiger partial charge < -0.3 is 0 Å². The second-order valence-electron chi connectivity index (χ2n) is 4.45. The lowest BCUT2D eigenvalue weighted by Crippen LogP contribution is -1.95. The molecule has 1 nitrogen and oxygen atoms in total. The Morgan fingerprint density at radius 2 is 1.43 bits per heavy atom. The molecule has 0 spiro atoms. The molecule has 0 radical (unpaired) electrons. The fraction of sp³-hybridized carbons (Fsp3) is 0.286. The molecule has 23 heavy (non-hydrogen) atoms. The Labute approximate surface area is 144 Å². The molecule has 0 amide bonds. The van der Waals surface area contributed by atoms with E-state index in [1.54, 1.807) is 11.3 Å². The highest BCUT2D eigenvalue weighted by Gasteiger charge is 2.17. The van der Waals surface area contributed by atoms with Crippen molar-refractivity contribution < 1.29 is 4.79 Å². The van der Waals surface area contributed by atoms with E-state index >= 15 is 0 Å². The molecule has 2 aromatic carbocycles. The van der Waals surface area contributed by atoms with E-state index in [2.05, 4.69) is 24.3 Å². The van der Waals surface area contributed by atoms with Gasteiger partial charge in [0.1, 0.15) is 0 Å². The summed E-state index contributed by atoms with van der Waals surface area (Å²) >= 11 is 1.60. The number of fused-ring (bicyclic) bond motifs is 1. The molecule has 0 bridgehead atoms. The van der Waals surface area contributed by atoms with E-state index in [-0.39, 0.29) is 5.78 Å². The molecule has 3 aromatic rings. The minimum atomic E-state index is 0.222. The van der Waals surface area contributed by atoms with Gasteiger partial charge in [-0.05, 0) is 11.6 Å². The third-order valence-electron chi connectivity index (χ3n) is 3.23. The van der Waals surface area contributed by atoms with Crippen LogP contribution in [0.15, 0.2) is 54.6 Å². The third-order valence-corrected chi connectivity index (χ3v) is 4.44. The summed E-state index contributed by atoms with van der Waals surface area (Å²) in [6.07, 6.45) is 0.548. The fourth-order valence-electron chi connectivity index (χ4n) is 2.29. The van der Waals surface area contributed by atoms with Crippen LogP contribution in [0.25, 0.3) is 21.2 Å². The first-order chi connectivity index (χ1) is 11.3. The molecular formula is C21H26OS. The van der Waals surface area contributed by atoms with Crippen LogP contribution >= 0.6 is 11.3 Å². The Morgan fingerprint density at radius 3 is 2.04 bits per heavy atom. The quantitative estimate of drug-likeness (QED) is 0.464. The predicted molar refractivity (Wildman–Crippen MR) is 105 cm³/mol. The summed E-state index contributed by atoms with van der Waals surface area (Å²) < 4.78 is 1.18. The largest absolute Gasteiger partial charge is 0.293 e. The number of carbonyl (C=O) groups is 1. The molecule has 0 aliphatic rings. The minimum Gasteiger partial charge on any atom is -0.293 e. The number of rotatable bonds is 3. The van der Waals surface area contributed by atoms with E-state index < -0.39 is 0 Å². The van der Waals surface area contributed by atoms with Crippen LogP contribution < -0.4 is 0 Å². The first kappa shape index (κ1) is 19.1. The predicted octanol–water partition coefficient (Wildman–Crippen LogP) is 7.21. The van der Waals surface area contributed by atoms with Gasteiger partial charge in [-0.2, -0.15) is 0 Å². The van der Waals surface area contributed by atoms with Crippen molar-refractivity contribution in [1.29, 1.82) is 0 Å². The smallest absolute Gasteiger partial charge is 0.173 e. The van der Waals surface area contributed by atoms with Crippen molar-refractivity contribution in [2.24, 2.45) is 0 Å². The molecule has 0 fully saturated rings. The van der Waals surface area contributed by atoms with E-state index in [4.69, 9.17) is 0 Å². The van der Waals surface area contributed by atoms with E-state index in [9.17, 15) is 4.79 Å². The van der Waals surface area contributed by atoms with Crippen LogP contribution in [0.5, 0.6) is 0 Å². The van der Waals surface area contributed by atoms with Crippen molar-refractivity contribution in [2.75, 3.05) is 0 Å². The van der Waals surface area contributed by atoms with Crippen LogP contribution in [0.2, 0.25) is 0 Å². The lowest BCUT2D eigenvalue weighted by Gasteiger charge is -2.03. The van der Waals surface area contributed by atoms with Crippen LogP contribution in [-0.4, -0.2) is 5.78 Å². The number of carbonyl (C=O) groups excluding carboxylic acids is 1. The molecule has 0 saturated carbocycles. The normalized spacial score (nSPS) is 9.43. The lowest BCUT2D eigenvalue weighted by molar-refractivity contribution is 0.0992. The summed E-state index contributed by atoms with van der Waals surface area (Å²) in [5.74, 6) is 0.222. The van der Waals surface area contributed by atoms with Crippen LogP contribution in [0.1, 0.15) is 50.7 Å². The zero-order chi connectivity index (χ0) is 17.2. The highest BCUT2D eigenvalue weighted by Crippen LogP contribution is 2.39. The number of thiophene rings is 1. The van der Waals surface area contributed by atoms with Crippen LogP contribution in [0.4, 0.5) is 0 Å².